The van der Waals surface area contributed by atoms with Gasteiger partial charge in [-0.1, -0.05) is 73.9 Å². The van der Waals surface area contributed by atoms with Crippen molar-refractivity contribution >= 4 is 18.3 Å². The molecular formula is C28H38N4O3. The Morgan fingerprint density at radius 3 is 2.11 bits per heavy atom. The SMILES string of the molecule is CN(C)C(=O)N(Cc1ccc(C2CCCCC2)cc1)C1CC1.NC(=O)C(NC=O)c1ccccc1. The highest BCUT2D eigenvalue weighted by Crippen LogP contribution is 2.33. The van der Waals surface area contributed by atoms with Crippen LogP contribution in [-0.4, -0.2) is 48.3 Å². The van der Waals surface area contributed by atoms with Crippen LogP contribution in [0.25, 0.3) is 0 Å². The largest absolute Gasteiger partial charge is 0.368 e. The van der Waals surface area contributed by atoms with Crippen LogP contribution in [0.1, 0.15) is 73.6 Å². The Hall–Kier alpha value is -3.35. The van der Waals surface area contributed by atoms with Gasteiger partial charge in [-0.2, -0.15) is 0 Å². The van der Waals surface area contributed by atoms with Gasteiger partial charge in [-0.3, -0.25) is 9.59 Å². The van der Waals surface area contributed by atoms with Crippen molar-refractivity contribution in [3.05, 3.63) is 71.3 Å². The Labute approximate surface area is 208 Å². The summed E-state index contributed by atoms with van der Waals surface area (Å²) in [4.78, 5) is 37.1. The van der Waals surface area contributed by atoms with E-state index in [-0.39, 0.29) is 6.03 Å². The normalized spacial score (nSPS) is 16.3. The molecule has 7 nitrogen and oxygen atoms in total. The lowest BCUT2D eigenvalue weighted by molar-refractivity contribution is -0.122. The second-order valence-electron chi connectivity index (χ2n) is 9.64. The van der Waals surface area contributed by atoms with Crippen LogP contribution in [0.4, 0.5) is 4.79 Å². The highest BCUT2D eigenvalue weighted by atomic mass is 16.2. The second-order valence-corrected chi connectivity index (χ2v) is 9.64. The Morgan fingerprint density at radius 1 is 0.971 bits per heavy atom. The van der Waals surface area contributed by atoms with Gasteiger partial charge < -0.3 is 20.9 Å². The molecule has 4 rings (SSSR count). The summed E-state index contributed by atoms with van der Waals surface area (Å²) in [6.07, 6.45) is 9.59. The Kier molecular flexibility index (Phi) is 9.70. The summed E-state index contributed by atoms with van der Waals surface area (Å²) in [6, 6.07) is 17.7. The first-order valence-electron chi connectivity index (χ1n) is 12.5. The Bertz CT molecular complexity index is 952. The Morgan fingerprint density at radius 2 is 1.60 bits per heavy atom. The molecule has 7 heteroatoms. The first-order chi connectivity index (χ1) is 16.9. The predicted molar refractivity (Wildman–Crippen MR) is 137 cm³/mol. The zero-order chi connectivity index (χ0) is 25.2. The van der Waals surface area contributed by atoms with E-state index < -0.39 is 11.9 Å². The number of benzene rings is 2. The molecule has 35 heavy (non-hydrogen) atoms. The van der Waals surface area contributed by atoms with Gasteiger partial charge in [0, 0.05) is 26.7 Å². The third-order valence-corrected chi connectivity index (χ3v) is 6.68. The van der Waals surface area contributed by atoms with Crippen LogP contribution in [0.3, 0.4) is 0 Å². The molecule has 2 saturated carbocycles. The van der Waals surface area contributed by atoms with Gasteiger partial charge in [0.1, 0.15) is 6.04 Å². The van der Waals surface area contributed by atoms with Crippen molar-refractivity contribution in [2.75, 3.05) is 14.1 Å². The van der Waals surface area contributed by atoms with Crippen LogP contribution in [-0.2, 0) is 16.1 Å². The topological polar surface area (TPSA) is 95.7 Å². The number of amides is 4. The number of nitrogens with zero attached hydrogens (tertiary/aromatic N) is 2. The van der Waals surface area contributed by atoms with Gasteiger partial charge in [0.15, 0.2) is 0 Å². The summed E-state index contributed by atoms with van der Waals surface area (Å²) < 4.78 is 0. The number of urea groups is 1. The molecule has 2 fully saturated rings. The van der Waals surface area contributed by atoms with Crippen molar-refractivity contribution in [2.24, 2.45) is 5.73 Å². The molecule has 0 radical (unpaired) electrons. The van der Waals surface area contributed by atoms with E-state index in [1.165, 1.54) is 43.2 Å². The minimum absolute atomic E-state index is 0.138. The molecule has 1 atom stereocenters. The summed E-state index contributed by atoms with van der Waals surface area (Å²) in [5.74, 6) is 0.184. The zero-order valence-electron chi connectivity index (χ0n) is 20.9. The van der Waals surface area contributed by atoms with Crippen LogP contribution in [0, 0.1) is 0 Å². The van der Waals surface area contributed by atoms with E-state index in [9.17, 15) is 14.4 Å². The number of hydrogen-bond acceptors (Lipinski definition) is 3. The summed E-state index contributed by atoms with van der Waals surface area (Å²) in [5, 5.41) is 2.34. The van der Waals surface area contributed by atoms with Crippen molar-refractivity contribution in [2.45, 2.75) is 69.5 Å². The fourth-order valence-electron chi connectivity index (χ4n) is 4.58. The van der Waals surface area contributed by atoms with Crippen molar-refractivity contribution in [1.82, 2.24) is 15.1 Å². The van der Waals surface area contributed by atoms with E-state index in [0.29, 0.717) is 18.0 Å². The maximum Gasteiger partial charge on any atom is 0.320 e. The molecular weight excluding hydrogens is 440 g/mol. The number of primary amides is 1. The lowest BCUT2D eigenvalue weighted by Gasteiger charge is -2.26. The highest BCUT2D eigenvalue weighted by Gasteiger charge is 2.33. The number of rotatable bonds is 8. The van der Waals surface area contributed by atoms with Gasteiger partial charge in [-0.05, 0) is 48.3 Å². The summed E-state index contributed by atoms with van der Waals surface area (Å²) in [6.45, 7) is 0.743. The molecule has 4 amide bonds. The Balaban J connectivity index is 0.000000225. The van der Waals surface area contributed by atoms with Crippen LogP contribution in [0.5, 0.6) is 0 Å². The molecule has 0 aliphatic heterocycles. The minimum atomic E-state index is -0.737. The molecule has 2 aliphatic carbocycles. The molecule has 0 aromatic heterocycles. The van der Waals surface area contributed by atoms with E-state index >= 15 is 0 Å². The summed E-state index contributed by atoms with van der Waals surface area (Å²) in [7, 11) is 3.67. The van der Waals surface area contributed by atoms with E-state index in [4.69, 9.17) is 5.73 Å². The lowest BCUT2D eigenvalue weighted by atomic mass is 9.84. The molecule has 188 valence electrons. The number of nitrogens with one attached hydrogen (secondary N) is 1. The van der Waals surface area contributed by atoms with Crippen LogP contribution < -0.4 is 11.1 Å². The highest BCUT2D eigenvalue weighted by molar-refractivity contribution is 5.83. The molecule has 2 aliphatic rings. The van der Waals surface area contributed by atoms with Crippen molar-refractivity contribution in [1.29, 1.82) is 0 Å². The average Bonchev–Trinajstić information content (AvgIpc) is 3.72. The molecule has 3 N–H and O–H groups in total. The first-order valence-corrected chi connectivity index (χ1v) is 12.5. The van der Waals surface area contributed by atoms with Gasteiger partial charge in [0.25, 0.3) is 0 Å². The van der Waals surface area contributed by atoms with Crippen molar-refractivity contribution in [3.8, 4) is 0 Å². The third kappa shape index (κ3) is 7.84. The molecule has 2 aromatic rings. The zero-order valence-corrected chi connectivity index (χ0v) is 20.9. The van der Waals surface area contributed by atoms with Crippen LogP contribution in [0.2, 0.25) is 0 Å². The molecule has 1 unspecified atom stereocenters. The molecule has 0 saturated heterocycles. The fraction of sp³-hybridized carbons (Fsp3) is 0.464. The second kappa shape index (κ2) is 12.9. The average molecular weight is 479 g/mol. The molecule has 2 aromatic carbocycles. The van der Waals surface area contributed by atoms with Gasteiger partial charge in [0.2, 0.25) is 12.3 Å². The van der Waals surface area contributed by atoms with Gasteiger partial charge in [-0.15, -0.1) is 0 Å². The van der Waals surface area contributed by atoms with Crippen LogP contribution in [0.15, 0.2) is 54.6 Å². The van der Waals surface area contributed by atoms with E-state index in [1.54, 1.807) is 29.2 Å². The lowest BCUT2D eigenvalue weighted by Crippen LogP contribution is -2.40. The quantitative estimate of drug-likeness (QED) is 0.553. The number of carbonyl (C=O) groups excluding carboxylic acids is 3. The summed E-state index contributed by atoms with van der Waals surface area (Å²) in [5.41, 5.74) is 8.51. The third-order valence-electron chi connectivity index (χ3n) is 6.68. The standard InChI is InChI=1S/C19H28N2O.C9H10N2O2/c1-20(2)19(22)21(18-12-13-18)14-15-8-10-17(11-9-15)16-6-4-3-5-7-16;10-9(13)8(11-6-12)7-4-2-1-3-5-7/h8-11,16,18H,3-7,12-14H2,1-2H3;1-6,8H,(H2,10,13)(H,11,12). The van der Waals surface area contributed by atoms with Gasteiger partial charge in [-0.25, -0.2) is 4.79 Å². The predicted octanol–water partition coefficient (Wildman–Crippen LogP) is 4.34. The minimum Gasteiger partial charge on any atom is -0.368 e. The summed E-state index contributed by atoms with van der Waals surface area (Å²) >= 11 is 0. The van der Waals surface area contributed by atoms with Crippen LogP contribution >= 0.6 is 0 Å². The van der Waals surface area contributed by atoms with E-state index in [2.05, 4.69) is 29.6 Å². The smallest absolute Gasteiger partial charge is 0.320 e. The van der Waals surface area contributed by atoms with Gasteiger partial charge in [0.05, 0.1) is 0 Å². The number of carbonyl (C=O) groups is 3. The van der Waals surface area contributed by atoms with E-state index in [1.807, 2.05) is 25.1 Å². The molecule has 0 bridgehead atoms. The monoisotopic (exact) mass is 478 g/mol. The van der Waals surface area contributed by atoms with Crippen molar-refractivity contribution in [3.63, 3.8) is 0 Å². The molecule has 0 heterocycles. The van der Waals surface area contributed by atoms with Gasteiger partial charge >= 0.3 is 6.03 Å². The maximum atomic E-state index is 12.3. The first kappa shape index (κ1) is 26.3. The maximum absolute atomic E-state index is 12.3. The number of hydrogen-bond donors (Lipinski definition) is 2. The van der Waals surface area contributed by atoms with Crippen molar-refractivity contribution < 1.29 is 14.4 Å². The molecule has 0 spiro atoms. The fourth-order valence-corrected chi connectivity index (χ4v) is 4.58. The number of nitrogens with two attached hydrogens (primary N) is 1. The van der Waals surface area contributed by atoms with E-state index in [0.717, 1.165) is 25.3 Å².